The molecule has 1 heterocycles. The van der Waals surface area contributed by atoms with Crippen molar-refractivity contribution in [3.8, 4) is 0 Å². The van der Waals surface area contributed by atoms with Crippen LogP contribution in [0.25, 0.3) is 0 Å². The third-order valence-electron chi connectivity index (χ3n) is 4.29. The molecule has 0 aliphatic carbocycles. The Morgan fingerprint density at radius 2 is 2.00 bits per heavy atom. The Hall–Kier alpha value is -2.04. The summed E-state index contributed by atoms with van der Waals surface area (Å²) in [6.07, 6.45) is 3.97. The van der Waals surface area contributed by atoms with Crippen molar-refractivity contribution in [2.24, 2.45) is 0 Å². The number of carbonyl (C=O) groups is 2. The van der Waals surface area contributed by atoms with Gasteiger partial charge in [0.15, 0.2) is 0 Å². The van der Waals surface area contributed by atoms with Crippen LogP contribution in [0.15, 0.2) is 24.3 Å². The molecular formula is C18H26N2O3. The quantitative estimate of drug-likeness (QED) is 0.647. The van der Waals surface area contributed by atoms with E-state index in [4.69, 9.17) is 0 Å². The number of hydrogen-bond acceptors (Lipinski definition) is 3. The second-order valence-electron chi connectivity index (χ2n) is 6.03. The minimum Gasteiger partial charge on any atom is -0.469 e. The van der Waals surface area contributed by atoms with E-state index in [0.717, 1.165) is 32.2 Å². The van der Waals surface area contributed by atoms with E-state index < -0.39 is 0 Å². The van der Waals surface area contributed by atoms with Crippen molar-refractivity contribution in [1.29, 1.82) is 0 Å². The van der Waals surface area contributed by atoms with Crippen LogP contribution in [0.4, 0.5) is 4.79 Å². The van der Waals surface area contributed by atoms with Gasteiger partial charge in [-0.2, -0.15) is 0 Å². The molecule has 1 unspecified atom stereocenters. The molecule has 23 heavy (non-hydrogen) atoms. The van der Waals surface area contributed by atoms with Gasteiger partial charge in [0, 0.05) is 19.5 Å². The molecule has 0 aromatic heterocycles. The van der Waals surface area contributed by atoms with Crippen LogP contribution in [-0.4, -0.2) is 37.1 Å². The summed E-state index contributed by atoms with van der Waals surface area (Å²) in [5, 5.41) is 2.96. The van der Waals surface area contributed by atoms with Crippen LogP contribution in [0.2, 0.25) is 0 Å². The monoisotopic (exact) mass is 318 g/mol. The molecule has 2 amide bonds. The average Bonchev–Trinajstić information content (AvgIpc) is 3.04. The summed E-state index contributed by atoms with van der Waals surface area (Å²) in [5.41, 5.74) is 2.43. The maximum absolute atomic E-state index is 12.4. The first kappa shape index (κ1) is 17.3. The van der Waals surface area contributed by atoms with Gasteiger partial charge in [0.1, 0.15) is 0 Å². The van der Waals surface area contributed by atoms with Gasteiger partial charge in [-0.1, -0.05) is 29.8 Å². The predicted octanol–water partition coefficient (Wildman–Crippen LogP) is 3.18. The van der Waals surface area contributed by atoms with Crippen molar-refractivity contribution in [3.63, 3.8) is 0 Å². The SMILES string of the molecule is COC(=O)CCCCNC(=O)N1CCCC1c1ccc(C)cc1. The first-order valence-corrected chi connectivity index (χ1v) is 8.29. The standard InChI is InChI=1S/C18H26N2O3/c1-14-8-10-15(11-9-14)16-6-5-13-20(16)18(22)19-12-4-3-7-17(21)23-2/h8-11,16H,3-7,12-13H2,1-2H3,(H,19,22). The smallest absolute Gasteiger partial charge is 0.317 e. The van der Waals surface area contributed by atoms with Gasteiger partial charge in [-0.3, -0.25) is 4.79 Å². The fraction of sp³-hybridized carbons (Fsp3) is 0.556. The number of nitrogens with one attached hydrogen (secondary N) is 1. The lowest BCUT2D eigenvalue weighted by molar-refractivity contribution is -0.140. The lowest BCUT2D eigenvalue weighted by Gasteiger charge is -2.25. The zero-order chi connectivity index (χ0) is 16.7. The molecular weight excluding hydrogens is 292 g/mol. The highest BCUT2D eigenvalue weighted by Crippen LogP contribution is 2.31. The van der Waals surface area contributed by atoms with Crippen LogP contribution >= 0.6 is 0 Å². The van der Waals surface area contributed by atoms with Crippen molar-refractivity contribution in [2.75, 3.05) is 20.2 Å². The Morgan fingerprint density at radius 1 is 1.26 bits per heavy atom. The predicted molar refractivity (Wildman–Crippen MR) is 89.1 cm³/mol. The summed E-state index contributed by atoms with van der Waals surface area (Å²) in [6, 6.07) is 8.58. The highest BCUT2D eigenvalue weighted by Gasteiger charge is 2.29. The molecule has 1 atom stereocenters. The molecule has 0 radical (unpaired) electrons. The number of rotatable bonds is 6. The van der Waals surface area contributed by atoms with Crippen molar-refractivity contribution in [1.82, 2.24) is 10.2 Å². The number of urea groups is 1. The van der Waals surface area contributed by atoms with Gasteiger partial charge >= 0.3 is 12.0 Å². The fourth-order valence-corrected chi connectivity index (χ4v) is 2.94. The molecule has 1 fully saturated rings. The zero-order valence-electron chi connectivity index (χ0n) is 14.0. The largest absolute Gasteiger partial charge is 0.469 e. The lowest BCUT2D eigenvalue weighted by Crippen LogP contribution is -2.39. The number of hydrogen-bond donors (Lipinski definition) is 1. The van der Waals surface area contributed by atoms with Crippen LogP contribution in [0.5, 0.6) is 0 Å². The van der Waals surface area contributed by atoms with Crippen LogP contribution in [-0.2, 0) is 9.53 Å². The van der Waals surface area contributed by atoms with Crippen molar-refractivity contribution in [3.05, 3.63) is 35.4 Å². The van der Waals surface area contributed by atoms with Crippen LogP contribution < -0.4 is 5.32 Å². The van der Waals surface area contributed by atoms with E-state index in [-0.39, 0.29) is 18.0 Å². The van der Waals surface area contributed by atoms with E-state index in [9.17, 15) is 9.59 Å². The first-order valence-electron chi connectivity index (χ1n) is 8.29. The van der Waals surface area contributed by atoms with Crippen molar-refractivity contribution in [2.45, 2.75) is 45.1 Å². The minimum atomic E-state index is -0.199. The van der Waals surface area contributed by atoms with Crippen LogP contribution in [0, 0.1) is 6.92 Å². The van der Waals surface area contributed by atoms with Gasteiger partial charge in [-0.05, 0) is 38.2 Å². The molecule has 5 nitrogen and oxygen atoms in total. The Kier molecular flexibility index (Phi) is 6.44. The van der Waals surface area contributed by atoms with Gasteiger partial charge in [-0.25, -0.2) is 4.79 Å². The third-order valence-corrected chi connectivity index (χ3v) is 4.29. The Morgan fingerprint density at radius 3 is 2.70 bits per heavy atom. The number of amides is 2. The zero-order valence-corrected chi connectivity index (χ0v) is 14.0. The maximum Gasteiger partial charge on any atom is 0.317 e. The molecule has 1 aliphatic rings. The van der Waals surface area contributed by atoms with Crippen molar-refractivity contribution >= 4 is 12.0 Å². The normalized spacial score (nSPS) is 17.1. The second kappa shape index (κ2) is 8.56. The topological polar surface area (TPSA) is 58.6 Å². The molecule has 0 saturated carbocycles. The van der Waals surface area contributed by atoms with Gasteiger partial charge in [-0.15, -0.1) is 0 Å². The number of unbranched alkanes of at least 4 members (excludes halogenated alkanes) is 1. The van der Waals surface area contributed by atoms with Crippen LogP contribution in [0.1, 0.15) is 49.3 Å². The van der Waals surface area contributed by atoms with E-state index in [1.165, 1.54) is 18.2 Å². The number of likely N-dealkylation sites (tertiary alicyclic amines) is 1. The molecule has 1 aliphatic heterocycles. The number of ether oxygens (including phenoxy) is 1. The molecule has 1 aromatic carbocycles. The average molecular weight is 318 g/mol. The molecule has 2 rings (SSSR count). The Labute approximate surface area is 138 Å². The summed E-state index contributed by atoms with van der Waals surface area (Å²) in [6.45, 7) is 3.46. The summed E-state index contributed by atoms with van der Waals surface area (Å²) < 4.78 is 4.60. The number of benzene rings is 1. The highest BCUT2D eigenvalue weighted by molar-refractivity contribution is 5.75. The molecule has 1 saturated heterocycles. The number of methoxy groups -OCH3 is 1. The summed E-state index contributed by atoms with van der Waals surface area (Å²) >= 11 is 0. The second-order valence-corrected chi connectivity index (χ2v) is 6.03. The van der Waals surface area contributed by atoms with Gasteiger partial charge in [0.25, 0.3) is 0 Å². The summed E-state index contributed by atoms with van der Waals surface area (Å²) in [7, 11) is 1.39. The number of nitrogens with zero attached hydrogens (tertiary/aromatic N) is 1. The lowest BCUT2D eigenvalue weighted by atomic mass is 10.0. The molecule has 1 N–H and O–H groups in total. The molecule has 0 bridgehead atoms. The minimum absolute atomic E-state index is 0.00820. The van der Waals surface area contributed by atoms with Crippen molar-refractivity contribution < 1.29 is 14.3 Å². The van der Waals surface area contributed by atoms with Gasteiger partial charge < -0.3 is 15.0 Å². The first-order chi connectivity index (χ1) is 11.1. The highest BCUT2D eigenvalue weighted by atomic mass is 16.5. The Balaban J connectivity index is 1.79. The number of aryl methyl sites for hydroxylation is 1. The summed E-state index contributed by atoms with van der Waals surface area (Å²) in [4.78, 5) is 25.3. The summed E-state index contributed by atoms with van der Waals surface area (Å²) in [5.74, 6) is -0.199. The molecule has 126 valence electrons. The molecule has 1 aromatic rings. The van der Waals surface area contributed by atoms with Gasteiger partial charge in [0.05, 0.1) is 13.2 Å². The Bertz CT molecular complexity index is 528. The molecule has 0 spiro atoms. The van der Waals surface area contributed by atoms with E-state index in [0.29, 0.717) is 13.0 Å². The number of esters is 1. The van der Waals surface area contributed by atoms with Gasteiger partial charge in [0.2, 0.25) is 0 Å². The van der Waals surface area contributed by atoms with E-state index >= 15 is 0 Å². The van der Waals surface area contributed by atoms with Crippen LogP contribution in [0.3, 0.4) is 0 Å². The van der Waals surface area contributed by atoms with E-state index in [1.807, 2.05) is 4.90 Å². The fourth-order valence-electron chi connectivity index (χ4n) is 2.94. The number of carbonyl (C=O) groups excluding carboxylic acids is 2. The third kappa shape index (κ3) is 4.98. The maximum atomic E-state index is 12.4. The van der Waals surface area contributed by atoms with E-state index in [2.05, 4.69) is 41.2 Å². The molecule has 5 heteroatoms. The van der Waals surface area contributed by atoms with E-state index in [1.54, 1.807) is 0 Å².